The standard InChI is InChI=1S/C15H22N2O3/c1-3-20-13-8-12(14(13)19-2)17-9-10-5-4-6-11(7-10)15(16)18/h4-7,12-14,17H,3,8-9H2,1-2H3,(H2,16,18). The first kappa shape index (κ1) is 15.0. The second-order valence-electron chi connectivity index (χ2n) is 4.98. The first-order chi connectivity index (χ1) is 9.65. The van der Waals surface area contributed by atoms with Crippen molar-refractivity contribution in [2.24, 2.45) is 5.73 Å². The molecule has 0 spiro atoms. The van der Waals surface area contributed by atoms with Gasteiger partial charge in [-0.05, 0) is 31.0 Å². The Kier molecular flexibility index (Phi) is 5.11. The number of rotatable bonds is 7. The molecule has 5 heteroatoms. The molecule has 0 aromatic heterocycles. The summed E-state index contributed by atoms with van der Waals surface area (Å²) in [6, 6.07) is 7.64. The van der Waals surface area contributed by atoms with E-state index in [2.05, 4.69) is 5.32 Å². The Hall–Kier alpha value is -1.43. The van der Waals surface area contributed by atoms with E-state index in [1.807, 2.05) is 25.1 Å². The van der Waals surface area contributed by atoms with E-state index in [0.29, 0.717) is 18.7 Å². The number of nitrogens with two attached hydrogens (primary N) is 1. The molecule has 0 radical (unpaired) electrons. The van der Waals surface area contributed by atoms with Gasteiger partial charge < -0.3 is 20.5 Å². The van der Waals surface area contributed by atoms with Crippen molar-refractivity contribution in [1.29, 1.82) is 0 Å². The molecule has 110 valence electrons. The van der Waals surface area contributed by atoms with Gasteiger partial charge in [0.05, 0.1) is 12.2 Å². The molecule has 1 saturated carbocycles. The van der Waals surface area contributed by atoms with Crippen LogP contribution >= 0.6 is 0 Å². The van der Waals surface area contributed by atoms with Gasteiger partial charge in [0.25, 0.3) is 0 Å². The molecule has 0 heterocycles. The number of amides is 1. The van der Waals surface area contributed by atoms with Gasteiger partial charge in [0, 0.05) is 31.9 Å². The fourth-order valence-electron chi connectivity index (χ4n) is 2.56. The van der Waals surface area contributed by atoms with Gasteiger partial charge in [-0.2, -0.15) is 0 Å². The Morgan fingerprint density at radius 1 is 1.50 bits per heavy atom. The number of ether oxygens (including phenoxy) is 2. The van der Waals surface area contributed by atoms with Crippen LogP contribution in [0.25, 0.3) is 0 Å². The lowest BCUT2D eigenvalue weighted by molar-refractivity contribution is -0.131. The molecule has 5 nitrogen and oxygen atoms in total. The number of benzene rings is 1. The molecule has 2 rings (SSSR count). The summed E-state index contributed by atoms with van der Waals surface area (Å²) in [5, 5.41) is 3.43. The van der Waals surface area contributed by atoms with Gasteiger partial charge in [-0.1, -0.05) is 12.1 Å². The summed E-state index contributed by atoms with van der Waals surface area (Å²) in [5.74, 6) is -0.401. The maximum Gasteiger partial charge on any atom is 0.248 e. The van der Waals surface area contributed by atoms with Crippen LogP contribution in [-0.4, -0.2) is 37.9 Å². The molecular weight excluding hydrogens is 256 g/mol. The zero-order valence-corrected chi connectivity index (χ0v) is 12.0. The molecule has 1 aromatic carbocycles. The minimum Gasteiger partial charge on any atom is -0.377 e. The van der Waals surface area contributed by atoms with Crippen LogP contribution in [0.15, 0.2) is 24.3 Å². The number of nitrogens with one attached hydrogen (secondary N) is 1. The summed E-state index contributed by atoms with van der Waals surface area (Å²) in [4.78, 5) is 11.1. The van der Waals surface area contributed by atoms with E-state index >= 15 is 0 Å². The van der Waals surface area contributed by atoms with Gasteiger partial charge in [0.1, 0.15) is 0 Å². The summed E-state index contributed by atoms with van der Waals surface area (Å²) >= 11 is 0. The molecule has 0 saturated heterocycles. The Morgan fingerprint density at radius 2 is 2.30 bits per heavy atom. The third-order valence-electron chi connectivity index (χ3n) is 3.68. The van der Waals surface area contributed by atoms with Gasteiger partial charge >= 0.3 is 0 Å². The molecule has 20 heavy (non-hydrogen) atoms. The second-order valence-corrected chi connectivity index (χ2v) is 4.98. The third kappa shape index (κ3) is 3.36. The van der Waals surface area contributed by atoms with E-state index in [9.17, 15) is 4.79 Å². The van der Waals surface area contributed by atoms with Crippen LogP contribution in [-0.2, 0) is 16.0 Å². The Balaban J connectivity index is 1.87. The zero-order chi connectivity index (χ0) is 14.5. The van der Waals surface area contributed by atoms with Crippen LogP contribution in [0.5, 0.6) is 0 Å². The van der Waals surface area contributed by atoms with E-state index in [4.69, 9.17) is 15.2 Å². The third-order valence-corrected chi connectivity index (χ3v) is 3.68. The fraction of sp³-hybridized carbons (Fsp3) is 0.533. The van der Waals surface area contributed by atoms with Crippen molar-refractivity contribution >= 4 is 5.91 Å². The highest BCUT2D eigenvalue weighted by Crippen LogP contribution is 2.27. The molecule has 3 atom stereocenters. The smallest absolute Gasteiger partial charge is 0.248 e. The molecule has 1 amide bonds. The van der Waals surface area contributed by atoms with Crippen molar-refractivity contribution in [3.05, 3.63) is 35.4 Å². The highest BCUT2D eigenvalue weighted by atomic mass is 16.5. The first-order valence-electron chi connectivity index (χ1n) is 6.92. The normalized spacial score (nSPS) is 25.2. The van der Waals surface area contributed by atoms with Gasteiger partial charge in [-0.25, -0.2) is 0 Å². The largest absolute Gasteiger partial charge is 0.377 e. The minimum atomic E-state index is -0.401. The van der Waals surface area contributed by atoms with Crippen molar-refractivity contribution in [2.45, 2.75) is 38.1 Å². The topological polar surface area (TPSA) is 73.6 Å². The Morgan fingerprint density at radius 3 is 2.95 bits per heavy atom. The van der Waals surface area contributed by atoms with Crippen LogP contribution in [0.2, 0.25) is 0 Å². The van der Waals surface area contributed by atoms with E-state index in [1.165, 1.54) is 0 Å². The van der Waals surface area contributed by atoms with Crippen LogP contribution in [0.1, 0.15) is 29.3 Å². The molecule has 1 aromatic rings. The molecule has 1 fully saturated rings. The maximum atomic E-state index is 11.1. The van der Waals surface area contributed by atoms with Crippen molar-refractivity contribution < 1.29 is 14.3 Å². The van der Waals surface area contributed by atoms with Crippen molar-refractivity contribution in [3.63, 3.8) is 0 Å². The van der Waals surface area contributed by atoms with Crippen LogP contribution in [0.3, 0.4) is 0 Å². The van der Waals surface area contributed by atoms with Gasteiger partial charge in [-0.15, -0.1) is 0 Å². The molecule has 3 N–H and O–H groups in total. The maximum absolute atomic E-state index is 11.1. The van der Waals surface area contributed by atoms with Gasteiger partial charge in [0.2, 0.25) is 5.91 Å². The van der Waals surface area contributed by atoms with Crippen molar-refractivity contribution in [2.75, 3.05) is 13.7 Å². The van der Waals surface area contributed by atoms with Crippen LogP contribution in [0.4, 0.5) is 0 Å². The van der Waals surface area contributed by atoms with E-state index in [1.54, 1.807) is 13.2 Å². The Bertz CT molecular complexity index is 464. The number of primary amides is 1. The summed E-state index contributed by atoms with van der Waals surface area (Å²) in [7, 11) is 1.71. The molecule has 1 aliphatic rings. The van der Waals surface area contributed by atoms with E-state index in [-0.39, 0.29) is 18.2 Å². The molecular formula is C15H22N2O3. The number of hydrogen-bond donors (Lipinski definition) is 2. The molecule has 1 aliphatic carbocycles. The molecule has 3 unspecified atom stereocenters. The lowest BCUT2D eigenvalue weighted by atomic mass is 9.85. The number of hydrogen-bond acceptors (Lipinski definition) is 4. The minimum absolute atomic E-state index is 0.0919. The second kappa shape index (κ2) is 6.83. The average molecular weight is 278 g/mol. The Labute approximate surface area is 119 Å². The van der Waals surface area contributed by atoms with Crippen molar-refractivity contribution in [1.82, 2.24) is 5.32 Å². The first-order valence-corrected chi connectivity index (χ1v) is 6.92. The summed E-state index contributed by atoms with van der Waals surface area (Å²) in [6.07, 6.45) is 1.22. The summed E-state index contributed by atoms with van der Waals surface area (Å²) in [5.41, 5.74) is 6.85. The summed E-state index contributed by atoms with van der Waals surface area (Å²) < 4.78 is 11.0. The number of carbonyl (C=O) groups excluding carboxylic acids is 1. The van der Waals surface area contributed by atoms with Gasteiger partial charge in [-0.3, -0.25) is 4.79 Å². The van der Waals surface area contributed by atoms with Gasteiger partial charge in [0.15, 0.2) is 0 Å². The highest BCUT2D eigenvalue weighted by molar-refractivity contribution is 5.92. The number of methoxy groups -OCH3 is 1. The SMILES string of the molecule is CCOC1CC(NCc2cccc(C(N)=O)c2)C1OC. The summed E-state index contributed by atoms with van der Waals surface area (Å²) in [6.45, 7) is 3.38. The molecule has 0 aliphatic heterocycles. The molecule has 0 bridgehead atoms. The lowest BCUT2D eigenvalue weighted by Gasteiger charge is -2.43. The van der Waals surface area contributed by atoms with Crippen molar-refractivity contribution in [3.8, 4) is 0 Å². The van der Waals surface area contributed by atoms with Crippen LogP contribution in [0, 0.1) is 0 Å². The van der Waals surface area contributed by atoms with E-state index < -0.39 is 5.91 Å². The zero-order valence-electron chi connectivity index (χ0n) is 12.0. The fourth-order valence-corrected chi connectivity index (χ4v) is 2.56. The van der Waals surface area contributed by atoms with Crippen LogP contribution < -0.4 is 11.1 Å². The highest BCUT2D eigenvalue weighted by Gasteiger charge is 2.41. The monoisotopic (exact) mass is 278 g/mol. The average Bonchev–Trinajstić information content (AvgIpc) is 2.42. The lowest BCUT2D eigenvalue weighted by Crippen LogP contribution is -2.59. The quantitative estimate of drug-likeness (QED) is 0.782. The predicted molar refractivity (Wildman–Crippen MR) is 76.4 cm³/mol. The number of carbonyl (C=O) groups is 1. The predicted octanol–water partition coefficient (Wildman–Crippen LogP) is 1.07. The van der Waals surface area contributed by atoms with E-state index in [0.717, 1.165) is 12.0 Å².